The van der Waals surface area contributed by atoms with Crippen LogP contribution in [0.5, 0.6) is 0 Å². The number of carboxylic acids is 1. The molecule has 0 aliphatic carbocycles. The maximum Gasteiger partial charge on any atom is 0.306 e. The third kappa shape index (κ3) is 31.5. The molecule has 0 bridgehead atoms. The quantitative estimate of drug-likeness (QED) is 0.0283. The van der Waals surface area contributed by atoms with E-state index in [4.69, 9.17) is 14.2 Å². The Morgan fingerprint density at radius 3 is 1.65 bits per heavy atom. The second-order valence-electron chi connectivity index (χ2n) is 14.5. The first kappa shape index (κ1) is 46.8. The van der Waals surface area contributed by atoms with Gasteiger partial charge in [-0.1, -0.05) is 134 Å². The number of carboxylic acid groups (broad SMARTS) is 1. The number of nitrogens with zero attached hydrogens (tertiary/aromatic N) is 1. The van der Waals surface area contributed by atoms with E-state index in [0.29, 0.717) is 12.8 Å². The predicted molar refractivity (Wildman–Crippen MR) is 199 cm³/mol. The molecule has 0 spiro atoms. The summed E-state index contributed by atoms with van der Waals surface area (Å²) in [6.07, 6.45) is 33.4. The zero-order valence-electron chi connectivity index (χ0n) is 32.4. The number of allylic oxidation sites excluding steroid dienone is 4. The van der Waals surface area contributed by atoms with Crippen molar-refractivity contribution in [1.29, 1.82) is 0 Å². The molecule has 0 aromatic heterocycles. The zero-order chi connectivity index (χ0) is 36.4. The summed E-state index contributed by atoms with van der Waals surface area (Å²) in [4.78, 5) is 36.7. The fourth-order valence-electron chi connectivity index (χ4n) is 5.70. The van der Waals surface area contributed by atoms with Gasteiger partial charge < -0.3 is 28.6 Å². The van der Waals surface area contributed by atoms with Crippen LogP contribution in [0, 0.1) is 0 Å². The third-order valence-corrected chi connectivity index (χ3v) is 8.82. The van der Waals surface area contributed by atoms with Gasteiger partial charge >= 0.3 is 11.9 Å². The van der Waals surface area contributed by atoms with Gasteiger partial charge in [0, 0.05) is 19.3 Å². The molecule has 8 heteroatoms. The molecule has 2 atom stereocenters. The van der Waals surface area contributed by atoms with E-state index in [2.05, 4.69) is 38.2 Å². The third-order valence-electron chi connectivity index (χ3n) is 8.82. The number of likely N-dealkylation sites (N-methyl/N-ethyl adjacent to an activating group) is 1. The predicted octanol–water partition coefficient (Wildman–Crippen LogP) is 8.80. The highest BCUT2D eigenvalue weighted by molar-refractivity contribution is 5.70. The molecule has 0 amide bonds. The molecule has 0 rings (SSSR count). The van der Waals surface area contributed by atoms with Crippen LogP contribution >= 0.6 is 0 Å². The summed E-state index contributed by atoms with van der Waals surface area (Å²) < 4.78 is 17.1. The van der Waals surface area contributed by atoms with Crippen LogP contribution in [0.25, 0.3) is 0 Å². The van der Waals surface area contributed by atoms with Crippen LogP contribution in [0.1, 0.15) is 168 Å². The minimum Gasteiger partial charge on any atom is -0.544 e. The summed E-state index contributed by atoms with van der Waals surface area (Å²) in [6, 6.07) is -0.724. The van der Waals surface area contributed by atoms with Crippen molar-refractivity contribution in [3.05, 3.63) is 24.3 Å². The number of hydrogen-bond acceptors (Lipinski definition) is 7. The molecular weight excluding hydrogens is 618 g/mol. The average Bonchev–Trinajstić information content (AvgIpc) is 3.05. The Kier molecular flexibility index (Phi) is 31.5. The molecule has 49 heavy (non-hydrogen) atoms. The van der Waals surface area contributed by atoms with E-state index in [9.17, 15) is 19.5 Å². The maximum atomic E-state index is 12.6. The minimum atomic E-state index is -1.13. The molecule has 2 unspecified atom stereocenters. The summed E-state index contributed by atoms with van der Waals surface area (Å²) in [7, 11) is 5.39. The first-order valence-corrected chi connectivity index (χ1v) is 19.9. The first-order valence-electron chi connectivity index (χ1n) is 19.9. The van der Waals surface area contributed by atoms with Crippen LogP contribution in [-0.4, -0.2) is 75.5 Å². The molecule has 0 aromatic carbocycles. The van der Waals surface area contributed by atoms with Gasteiger partial charge in [0.05, 0.1) is 40.3 Å². The Bertz CT molecular complexity index is 864. The Morgan fingerprint density at radius 2 is 1.12 bits per heavy atom. The Balaban J connectivity index is 4.42. The van der Waals surface area contributed by atoms with Gasteiger partial charge in [-0.05, 0) is 38.5 Å². The van der Waals surface area contributed by atoms with Gasteiger partial charge in [-0.15, -0.1) is 0 Å². The van der Waals surface area contributed by atoms with Crippen molar-refractivity contribution in [3.8, 4) is 0 Å². The highest BCUT2D eigenvalue weighted by Crippen LogP contribution is 2.14. The summed E-state index contributed by atoms with van der Waals surface area (Å²) in [5.41, 5.74) is 0. The summed E-state index contributed by atoms with van der Waals surface area (Å²) in [6.45, 7) is 4.57. The van der Waals surface area contributed by atoms with E-state index in [1.807, 2.05) is 0 Å². The summed E-state index contributed by atoms with van der Waals surface area (Å²) in [5, 5.41) is 11.6. The molecule has 0 fully saturated rings. The minimum absolute atomic E-state index is 0.0381. The SMILES string of the molecule is CCC/C=C\C/C=C\CCCCCCCC(=O)OC(COCCC(C(=O)[O-])[N+](C)(C)C)COC(=O)CCCCCCCCCCCCCC. The number of rotatable bonds is 35. The van der Waals surface area contributed by atoms with Gasteiger partial charge in [0.25, 0.3) is 0 Å². The van der Waals surface area contributed by atoms with Crippen molar-refractivity contribution < 1.29 is 38.2 Å². The number of aliphatic carboxylic acids is 1. The molecule has 0 aliphatic rings. The number of carbonyl (C=O) groups is 3. The number of quaternary nitrogens is 1. The van der Waals surface area contributed by atoms with Gasteiger partial charge in [0.1, 0.15) is 12.6 Å². The van der Waals surface area contributed by atoms with Crippen LogP contribution in [-0.2, 0) is 28.6 Å². The van der Waals surface area contributed by atoms with E-state index in [1.165, 1.54) is 64.2 Å². The maximum absolute atomic E-state index is 12.6. The lowest BCUT2D eigenvalue weighted by Crippen LogP contribution is -2.55. The van der Waals surface area contributed by atoms with Crippen LogP contribution in [0.15, 0.2) is 24.3 Å². The molecule has 0 saturated heterocycles. The standard InChI is InChI=1S/C41H75NO7/c1-6-8-10-12-14-16-18-20-22-24-26-28-30-32-40(44)49-37(35-47-34-33-38(41(45)46)42(3,4)5)36-48-39(43)31-29-27-25-23-21-19-17-15-13-11-9-7-2/h10,12,16,18,37-38H,6-9,11,13-15,17,19-36H2,1-5H3/b12-10-,18-16-. The van der Waals surface area contributed by atoms with Gasteiger partial charge in [0.15, 0.2) is 6.10 Å². The normalized spacial score (nSPS) is 13.2. The fourth-order valence-corrected chi connectivity index (χ4v) is 5.70. The monoisotopic (exact) mass is 694 g/mol. The van der Waals surface area contributed by atoms with Crippen molar-refractivity contribution >= 4 is 17.9 Å². The van der Waals surface area contributed by atoms with E-state index in [-0.39, 0.29) is 42.7 Å². The van der Waals surface area contributed by atoms with Crippen molar-refractivity contribution in [2.75, 3.05) is 41.0 Å². The largest absolute Gasteiger partial charge is 0.544 e. The molecule has 8 nitrogen and oxygen atoms in total. The smallest absolute Gasteiger partial charge is 0.306 e. The van der Waals surface area contributed by atoms with Crippen molar-refractivity contribution in [2.45, 2.75) is 180 Å². The lowest BCUT2D eigenvalue weighted by atomic mass is 10.0. The van der Waals surface area contributed by atoms with Crippen molar-refractivity contribution in [2.24, 2.45) is 0 Å². The molecule has 0 aliphatic heterocycles. The molecule has 0 saturated carbocycles. The second kappa shape index (κ2) is 33.0. The van der Waals surface area contributed by atoms with Crippen LogP contribution in [0.3, 0.4) is 0 Å². The molecule has 0 heterocycles. The van der Waals surface area contributed by atoms with Crippen molar-refractivity contribution in [1.82, 2.24) is 0 Å². The molecule has 0 radical (unpaired) electrons. The first-order chi connectivity index (χ1) is 23.6. The average molecular weight is 694 g/mol. The van der Waals surface area contributed by atoms with E-state index in [0.717, 1.165) is 70.6 Å². The lowest BCUT2D eigenvalue weighted by molar-refractivity contribution is -0.889. The summed E-state index contributed by atoms with van der Waals surface area (Å²) >= 11 is 0. The van der Waals surface area contributed by atoms with Crippen LogP contribution < -0.4 is 5.11 Å². The number of ether oxygens (including phenoxy) is 3. The number of hydrogen-bond donors (Lipinski definition) is 0. The van der Waals surface area contributed by atoms with Crippen LogP contribution in [0.2, 0.25) is 0 Å². The van der Waals surface area contributed by atoms with Gasteiger partial charge in [-0.25, -0.2) is 0 Å². The van der Waals surface area contributed by atoms with E-state index < -0.39 is 18.1 Å². The molecule has 0 aromatic rings. The Hall–Kier alpha value is -2.19. The molecule has 286 valence electrons. The van der Waals surface area contributed by atoms with E-state index in [1.54, 1.807) is 21.1 Å². The van der Waals surface area contributed by atoms with Crippen molar-refractivity contribution in [3.63, 3.8) is 0 Å². The summed E-state index contributed by atoms with van der Waals surface area (Å²) in [5.74, 6) is -1.75. The van der Waals surface area contributed by atoms with E-state index >= 15 is 0 Å². The fraction of sp³-hybridized carbons (Fsp3) is 0.829. The lowest BCUT2D eigenvalue weighted by Gasteiger charge is -2.34. The van der Waals surface area contributed by atoms with Gasteiger partial charge in [-0.3, -0.25) is 9.59 Å². The zero-order valence-corrected chi connectivity index (χ0v) is 32.4. The Labute approximate surface area is 301 Å². The number of carbonyl (C=O) groups excluding carboxylic acids is 3. The number of esters is 2. The highest BCUT2D eigenvalue weighted by atomic mass is 16.6. The van der Waals surface area contributed by atoms with Gasteiger partial charge in [0.2, 0.25) is 0 Å². The molecule has 0 N–H and O–H groups in total. The number of unbranched alkanes of at least 4 members (excludes halogenated alkanes) is 17. The molecular formula is C41H75NO7. The van der Waals surface area contributed by atoms with Gasteiger partial charge in [-0.2, -0.15) is 0 Å². The van der Waals surface area contributed by atoms with Crippen LogP contribution in [0.4, 0.5) is 0 Å². The highest BCUT2D eigenvalue weighted by Gasteiger charge is 2.25. The topological polar surface area (TPSA) is 102 Å². The Morgan fingerprint density at radius 1 is 0.612 bits per heavy atom. The second-order valence-corrected chi connectivity index (χ2v) is 14.5.